The fourth-order valence-electron chi connectivity index (χ4n) is 2.20. The van der Waals surface area contributed by atoms with Crippen LogP contribution in [-0.4, -0.2) is 20.1 Å². The van der Waals surface area contributed by atoms with Gasteiger partial charge in [-0.05, 0) is 36.4 Å². The Balaban J connectivity index is 2.33. The minimum absolute atomic E-state index is 0.0904. The summed E-state index contributed by atoms with van der Waals surface area (Å²) in [6, 6.07) is 7.83. The Morgan fingerprint density at radius 1 is 1.21 bits per heavy atom. The number of nitriles is 1. The van der Waals surface area contributed by atoms with E-state index >= 15 is 0 Å². The summed E-state index contributed by atoms with van der Waals surface area (Å²) in [6.45, 7) is 1.42. The van der Waals surface area contributed by atoms with E-state index in [1.54, 1.807) is 0 Å². The summed E-state index contributed by atoms with van der Waals surface area (Å²) in [5.74, 6) is -1.21. The smallest absolute Gasteiger partial charge is 0.297 e. The molecule has 0 spiro atoms. The highest BCUT2D eigenvalue weighted by Crippen LogP contribution is 2.32. The molecule has 0 radical (unpaired) electrons. The molecule has 2 N–H and O–H groups in total. The molecule has 0 heterocycles. The molecular weight excluding hydrogens is 419 g/mol. The number of sulfone groups is 1. The van der Waals surface area contributed by atoms with Crippen LogP contribution in [0.15, 0.2) is 41.3 Å². The molecule has 0 aliphatic heterocycles. The number of hydrazine groups is 1. The minimum atomic E-state index is -4.70. The number of nitrogens with zero attached hydrogens (tertiary/aromatic N) is 1. The molecule has 0 aromatic heterocycles. The second-order valence-corrected chi connectivity index (χ2v) is 8.21. The maximum atomic E-state index is 12.9. The normalized spacial score (nSPS) is 11.6. The van der Waals surface area contributed by atoms with E-state index in [0.29, 0.717) is 12.1 Å². The first kappa shape index (κ1) is 21.5. The second-order valence-electron chi connectivity index (χ2n) is 5.53. The van der Waals surface area contributed by atoms with Crippen molar-refractivity contribution >= 4 is 33.0 Å². The van der Waals surface area contributed by atoms with Gasteiger partial charge in [0.1, 0.15) is 0 Å². The molecule has 6 nitrogen and oxygen atoms in total. The summed E-state index contributed by atoms with van der Waals surface area (Å²) in [6.07, 6.45) is -4.70. The summed E-state index contributed by atoms with van der Waals surface area (Å²) in [5.41, 5.74) is 3.01. The SMILES string of the molecule is CCS(=O)(=O)c1ccc(C#N)cc1NNC(=O)c1cc(Cl)cc(C(F)(F)F)c1. The van der Waals surface area contributed by atoms with E-state index in [1.807, 2.05) is 6.07 Å². The molecule has 1 amide bonds. The molecule has 0 bridgehead atoms. The molecule has 0 saturated heterocycles. The van der Waals surface area contributed by atoms with Gasteiger partial charge >= 0.3 is 6.18 Å². The van der Waals surface area contributed by atoms with E-state index in [0.717, 1.165) is 6.07 Å². The molecule has 28 heavy (non-hydrogen) atoms. The van der Waals surface area contributed by atoms with Crippen LogP contribution in [-0.2, 0) is 16.0 Å². The van der Waals surface area contributed by atoms with Crippen LogP contribution < -0.4 is 10.9 Å². The third kappa shape index (κ3) is 4.94. The van der Waals surface area contributed by atoms with Crippen molar-refractivity contribution in [3.05, 3.63) is 58.1 Å². The van der Waals surface area contributed by atoms with Crippen molar-refractivity contribution in [3.8, 4) is 6.07 Å². The number of alkyl halides is 3. The summed E-state index contributed by atoms with van der Waals surface area (Å²) < 4.78 is 62.9. The van der Waals surface area contributed by atoms with Crippen LogP contribution in [0.4, 0.5) is 18.9 Å². The van der Waals surface area contributed by atoms with E-state index in [-0.39, 0.29) is 32.5 Å². The Labute approximate surface area is 163 Å². The van der Waals surface area contributed by atoms with Gasteiger partial charge in [0.15, 0.2) is 9.84 Å². The number of benzene rings is 2. The first-order valence-electron chi connectivity index (χ1n) is 7.69. The average Bonchev–Trinajstić information content (AvgIpc) is 2.64. The van der Waals surface area contributed by atoms with Gasteiger partial charge < -0.3 is 0 Å². The predicted octanol–water partition coefficient (Wildman–Crippen LogP) is 3.78. The van der Waals surface area contributed by atoms with Crippen molar-refractivity contribution in [2.45, 2.75) is 18.0 Å². The quantitative estimate of drug-likeness (QED) is 0.702. The zero-order valence-electron chi connectivity index (χ0n) is 14.3. The van der Waals surface area contributed by atoms with Crippen LogP contribution in [0.3, 0.4) is 0 Å². The number of hydrogen-bond donors (Lipinski definition) is 2. The molecule has 11 heteroatoms. The molecule has 0 unspecified atom stereocenters. The van der Waals surface area contributed by atoms with Crippen molar-refractivity contribution < 1.29 is 26.4 Å². The summed E-state index contributed by atoms with van der Waals surface area (Å²) in [5, 5.41) is 8.68. The van der Waals surface area contributed by atoms with Gasteiger partial charge in [0.05, 0.1) is 33.5 Å². The molecular formula is C17H13ClF3N3O3S. The zero-order chi connectivity index (χ0) is 21.1. The summed E-state index contributed by atoms with van der Waals surface area (Å²) in [7, 11) is -3.69. The van der Waals surface area contributed by atoms with Crippen molar-refractivity contribution in [1.82, 2.24) is 5.43 Å². The molecule has 0 atom stereocenters. The second kappa shape index (κ2) is 8.08. The highest BCUT2D eigenvalue weighted by molar-refractivity contribution is 7.91. The lowest BCUT2D eigenvalue weighted by Gasteiger charge is -2.14. The van der Waals surface area contributed by atoms with E-state index in [9.17, 15) is 26.4 Å². The number of anilines is 1. The zero-order valence-corrected chi connectivity index (χ0v) is 15.8. The molecule has 0 aliphatic carbocycles. The van der Waals surface area contributed by atoms with Crippen LogP contribution in [0.2, 0.25) is 5.02 Å². The largest absolute Gasteiger partial charge is 0.416 e. The summed E-state index contributed by atoms with van der Waals surface area (Å²) in [4.78, 5) is 12.1. The van der Waals surface area contributed by atoms with Gasteiger partial charge in [-0.25, -0.2) is 8.42 Å². The van der Waals surface area contributed by atoms with Crippen LogP contribution in [0.25, 0.3) is 0 Å². The lowest BCUT2D eigenvalue weighted by atomic mass is 10.1. The molecule has 0 saturated carbocycles. The van der Waals surface area contributed by atoms with E-state index in [1.165, 1.54) is 25.1 Å². The summed E-state index contributed by atoms with van der Waals surface area (Å²) >= 11 is 5.64. The first-order chi connectivity index (χ1) is 13.0. The number of carbonyl (C=O) groups excluding carboxylic acids is 1. The van der Waals surface area contributed by atoms with Crippen molar-refractivity contribution in [1.29, 1.82) is 5.26 Å². The van der Waals surface area contributed by atoms with E-state index in [4.69, 9.17) is 16.9 Å². The Morgan fingerprint density at radius 2 is 1.89 bits per heavy atom. The van der Waals surface area contributed by atoms with Crippen molar-refractivity contribution in [2.24, 2.45) is 0 Å². The van der Waals surface area contributed by atoms with Crippen molar-refractivity contribution in [2.75, 3.05) is 11.2 Å². The highest BCUT2D eigenvalue weighted by Gasteiger charge is 2.31. The Morgan fingerprint density at radius 3 is 2.46 bits per heavy atom. The minimum Gasteiger partial charge on any atom is -0.297 e. The fraction of sp³-hybridized carbons (Fsp3) is 0.176. The van der Waals surface area contributed by atoms with Crippen molar-refractivity contribution in [3.63, 3.8) is 0 Å². The Kier molecular flexibility index (Phi) is 6.21. The average molecular weight is 432 g/mol. The lowest BCUT2D eigenvalue weighted by Crippen LogP contribution is -2.30. The van der Waals surface area contributed by atoms with Crippen LogP contribution >= 0.6 is 11.6 Å². The van der Waals surface area contributed by atoms with Crippen LogP contribution in [0.5, 0.6) is 0 Å². The lowest BCUT2D eigenvalue weighted by molar-refractivity contribution is -0.137. The van der Waals surface area contributed by atoms with Gasteiger partial charge in [0.2, 0.25) is 0 Å². The van der Waals surface area contributed by atoms with Gasteiger partial charge in [-0.1, -0.05) is 18.5 Å². The number of amides is 1. The number of rotatable bonds is 5. The van der Waals surface area contributed by atoms with E-state index in [2.05, 4.69) is 10.9 Å². The maximum Gasteiger partial charge on any atom is 0.416 e. The molecule has 2 rings (SSSR count). The monoisotopic (exact) mass is 431 g/mol. The number of nitrogens with one attached hydrogen (secondary N) is 2. The topological polar surface area (TPSA) is 99.1 Å². The Hall–Kier alpha value is -2.77. The van der Waals surface area contributed by atoms with Gasteiger partial charge in [0.25, 0.3) is 5.91 Å². The third-order valence-corrected chi connectivity index (χ3v) is 5.63. The standard InChI is InChI=1S/C17H13ClF3N3O3S/c1-2-28(26,27)15-4-3-10(9-22)5-14(15)23-24-16(25)11-6-12(17(19,20)21)8-13(18)7-11/h3-8,23H,2H2,1H3,(H,24,25). The van der Waals surface area contributed by atoms with Gasteiger partial charge in [0, 0.05) is 10.6 Å². The predicted molar refractivity (Wildman–Crippen MR) is 96.4 cm³/mol. The van der Waals surface area contributed by atoms with Gasteiger partial charge in [-0.2, -0.15) is 18.4 Å². The molecule has 2 aromatic rings. The number of carbonyl (C=O) groups is 1. The number of hydrogen-bond acceptors (Lipinski definition) is 5. The number of halogens is 4. The maximum absolute atomic E-state index is 12.9. The molecule has 148 valence electrons. The van der Waals surface area contributed by atoms with Crippen LogP contribution in [0, 0.1) is 11.3 Å². The Bertz CT molecular complexity index is 1060. The van der Waals surface area contributed by atoms with Gasteiger partial charge in [-0.15, -0.1) is 0 Å². The first-order valence-corrected chi connectivity index (χ1v) is 9.72. The van der Waals surface area contributed by atoms with Gasteiger partial charge in [-0.3, -0.25) is 15.6 Å². The van der Waals surface area contributed by atoms with E-state index < -0.39 is 27.5 Å². The molecule has 0 fully saturated rings. The fourth-order valence-corrected chi connectivity index (χ4v) is 3.47. The molecule has 0 aliphatic rings. The third-order valence-electron chi connectivity index (χ3n) is 3.62. The highest BCUT2D eigenvalue weighted by atomic mass is 35.5. The van der Waals surface area contributed by atoms with Crippen LogP contribution in [0.1, 0.15) is 28.4 Å². The molecule has 2 aromatic carbocycles.